The van der Waals surface area contributed by atoms with Crippen molar-refractivity contribution in [1.29, 1.82) is 0 Å². The molecule has 0 saturated heterocycles. The molecule has 1 rings (SSSR count). The third-order valence-corrected chi connectivity index (χ3v) is 2.24. The maximum absolute atomic E-state index is 9.61. The molecule has 0 aromatic heterocycles. The SMILES string of the molecule is C#C[C@]1(O)CCC[C@H](C)C1. The Kier molecular flexibility index (Phi) is 2.01. The van der Waals surface area contributed by atoms with Crippen molar-refractivity contribution < 1.29 is 5.11 Å². The molecule has 1 fully saturated rings. The minimum Gasteiger partial charge on any atom is -0.378 e. The van der Waals surface area contributed by atoms with Crippen LogP contribution in [0, 0.1) is 18.3 Å². The number of hydrogen-bond acceptors (Lipinski definition) is 1. The first-order chi connectivity index (χ1) is 4.66. The molecule has 0 bridgehead atoms. The molecule has 56 valence electrons. The molecular weight excluding hydrogens is 124 g/mol. The predicted molar refractivity (Wildman–Crippen MR) is 41.4 cm³/mol. The lowest BCUT2D eigenvalue weighted by Crippen LogP contribution is -2.32. The summed E-state index contributed by atoms with van der Waals surface area (Å²) in [4.78, 5) is 0. The van der Waals surface area contributed by atoms with Gasteiger partial charge in [-0.15, -0.1) is 6.42 Å². The van der Waals surface area contributed by atoms with Crippen molar-refractivity contribution in [3.8, 4) is 12.3 Å². The zero-order valence-corrected chi connectivity index (χ0v) is 6.43. The second-order valence-corrected chi connectivity index (χ2v) is 3.38. The van der Waals surface area contributed by atoms with Gasteiger partial charge in [0.1, 0.15) is 5.60 Å². The van der Waals surface area contributed by atoms with E-state index < -0.39 is 5.60 Å². The van der Waals surface area contributed by atoms with Crippen molar-refractivity contribution in [3.05, 3.63) is 0 Å². The van der Waals surface area contributed by atoms with Gasteiger partial charge >= 0.3 is 0 Å². The maximum atomic E-state index is 9.61. The minimum atomic E-state index is -0.780. The van der Waals surface area contributed by atoms with E-state index >= 15 is 0 Å². The Morgan fingerprint density at radius 1 is 1.70 bits per heavy atom. The van der Waals surface area contributed by atoms with E-state index in [2.05, 4.69) is 12.8 Å². The molecule has 2 atom stereocenters. The highest BCUT2D eigenvalue weighted by atomic mass is 16.3. The molecule has 10 heavy (non-hydrogen) atoms. The van der Waals surface area contributed by atoms with Crippen molar-refractivity contribution in [1.82, 2.24) is 0 Å². The average molecular weight is 138 g/mol. The molecule has 1 saturated carbocycles. The van der Waals surface area contributed by atoms with Crippen LogP contribution in [0.1, 0.15) is 32.6 Å². The lowest BCUT2D eigenvalue weighted by atomic mass is 9.79. The van der Waals surface area contributed by atoms with Gasteiger partial charge in [-0.3, -0.25) is 0 Å². The third kappa shape index (κ3) is 1.52. The normalized spacial score (nSPS) is 40.7. The van der Waals surface area contributed by atoms with Gasteiger partial charge in [0.15, 0.2) is 0 Å². The number of rotatable bonds is 0. The molecule has 0 unspecified atom stereocenters. The number of hydrogen-bond donors (Lipinski definition) is 1. The number of aliphatic hydroxyl groups is 1. The molecule has 1 N–H and O–H groups in total. The summed E-state index contributed by atoms with van der Waals surface area (Å²) in [7, 11) is 0. The van der Waals surface area contributed by atoms with Gasteiger partial charge in [-0.25, -0.2) is 0 Å². The van der Waals surface area contributed by atoms with Crippen LogP contribution in [0.2, 0.25) is 0 Å². The summed E-state index contributed by atoms with van der Waals surface area (Å²) >= 11 is 0. The lowest BCUT2D eigenvalue weighted by Gasteiger charge is -2.30. The van der Waals surface area contributed by atoms with Gasteiger partial charge in [0.2, 0.25) is 0 Å². The Hall–Kier alpha value is -0.480. The van der Waals surface area contributed by atoms with Crippen molar-refractivity contribution in [2.45, 2.75) is 38.2 Å². The van der Waals surface area contributed by atoms with Gasteiger partial charge in [-0.05, 0) is 25.2 Å². The van der Waals surface area contributed by atoms with Crippen LogP contribution in [-0.2, 0) is 0 Å². The standard InChI is InChI=1S/C9H14O/c1-3-9(10)6-4-5-8(2)7-9/h1,8,10H,4-7H2,2H3/t8-,9-/m0/s1. The van der Waals surface area contributed by atoms with E-state index in [1.807, 2.05) is 0 Å². The van der Waals surface area contributed by atoms with E-state index in [4.69, 9.17) is 6.42 Å². The first-order valence-corrected chi connectivity index (χ1v) is 3.86. The fourth-order valence-electron chi connectivity index (χ4n) is 1.65. The van der Waals surface area contributed by atoms with E-state index in [1.165, 1.54) is 6.42 Å². The van der Waals surface area contributed by atoms with Crippen LogP contribution in [0.15, 0.2) is 0 Å². The van der Waals surface area contributed by atoms with Crippen LogP contribution in [0.25, 0.3) is 0 Å². The molecule has 0 aromatic carbocycles. The van der Waals surface area contributed by atoms with Gasteiger partial charge in [0.25, 0.3) is 0 Å². The third-order valence-electron chi connectivity index (χ3n) is 2.24. The quantitative estimate of drug-likeness (QED) is 0.504. The zero-order chi connectivity index (χ0) is 7.61. The molecule has 0 radical (unpaired) electrons. The minimum absolute atomic E-state index is 0.592. The van der Waals surface area contributed by atoms with Gasteiger partial charge in [-0.1, -0.05) is 19.3 Å². The van der Waals surface area contributed by atoms with Crippen molar-refractivity contribution in [2.24, 2.45) is 5.92 Å². The van der Waals surface area contributed by atoms with E-state index in [-0.39, 0.29) is 0 Å². The van der Waals surface area contributed by atoms with E-state index in [0.717, 1.165) is 19.3 Å². The second-order valence-electron chi connectivity index (χ2n) is 3.38. The van der Waals surface area contributed by atoms with Crippen LogP contribution in [0.4, 0.5) is 0 Å². The first kappa shape index (κ1) is 7.63. The summed E-state index contributed by atoms with van der Waals surface area (Å²) in [5.74, 6) is 3.06. The van der Waals surface area contributed by atoms with E-state index in [0.29, 0.717) is 5.92 Å². The molecule has 1 nitrogen and oxygen atoms in total. The van der Waals surface area contributed by atoms with Crippen LogP contribution in [0.5, 0.6) is 0 Å². The van der Waals surface area contributed by atoms with Crippen molar-refractivity contribution in [2.75, 3.05) is 0 Å². The summed E-state index contributed by atoms with van der Waals surface area (Å²) in [6.45, 7) is 2.14. The Bertz CT molecular complexity index is 157. The first-order valence-electron chi connectivity index (χ1n) is 3.86. The predicted octanol–water partition coefficient (Wildman–Crippen LogP) is 1.56. The molecule has 1 aliphatic carbocycles. The van der Waals surface area contributed by atoms with E-state index in [9.17, 15) is 5.11 Å². The summed E-state index contributed by atoms with van der Waals surface area (Å²) in [5, 5.41) is 9.61. The van der Waals surface area contributed by atoms with Crippen LogP contribution < -0.4 is 0 Å². The summed E-state index contributed by atoms with van der Waals surface area (Å²) in [6.07, 6.45) is 9.05. The van der Waals surface area contributed by atoms with Crippen LogP contribution >= 0.6 is 0 Å². The fourth-order valence-corrected chi connectivity index (χ4v) is 1.65. The molecule has 1 heteroatoms. The topological polar surface area (TPSA) is 20.2 Å². The monoisotopic (exact) mass is 138 g/mol. The molecule has 0 aromatic rings. The highest BCUT2D eigenvalue weighted by Crippen LogP contribution is 2.31. The Morgan fingerprint density at radius 3 is 2.80 bits per heavy atom. The fraction of sp³-hybridized carbons (Fsp3) is 0.778. The summed E-state index contributed by atoms with van der Waals surface area (Å²) in [5.41, 5.74) is -0.780. The molecule has 0 heterocycles. The lowest BCUT2D eigenvalue weighted by molar-refractivity contribution is 0.0412. The highest BCUT2D eigenvalue weighted by Gasteiger charge is 2.29. The molecule has 0 aliphatic heterocycles. The Morgan fingerprint density at radius 2 is 2.40 bits per heavy atom. The molecule has 1 aliphatic rings. The molecule has 0 spiro atoms. The van der Waals surface area contributed by atoms with Gasteiger partial charge in [0.05, 0.1) is 0 Å². The van der Waals surface area contributed by atoms with Crippen LogP contribution in [0.3, 0.4) is 0 Å². The average Bonchev–Trinajstić information content (AvgIpc) is 1.88. The van der Waals surface area contributed by atoms with Crippen LogP contribution in [-0.4, -0.2) is 10.7 Å². The number of terminal acetylenes is 1. The van der Waals surface area contributed by atoms with Crippen molar-refractivity contribution in [3.63, 3.8) is 0 Å². The largest absolute Gasteiger partial charge is 0.378 e. The Labute approximate surface area is 62.4 Å². The highest BCUT2D eigenvalue weighted by molar-refractivity contribution is 5.08. The molecule has 0 amide bonds. The van der Waals surface area contributed by atoms with Gasteiger partial charge < -0.3 is 5.11 Å². The van der Waals surface area contributed by atoms with Crippen molar-refractivity contribution >= 4 is 0 Å². The van der Waals surface area contributed by atoms with E-state index in [1.54, 1.807) is 0 Å². The Balaban J connectivity index is 2.56. The summed E-state index contributed by atoms with van der Waals surface area (Å²) < 4.78 is 0. The maximum Gasteiger partial charge on any atom is 0.125 e. The second kappa shape index (κ2) is 2.64. The smallest absolute Gasteiger partial charge is 0.125 e. The summed E-state index contributed by atoms with van der Waals surface area (Å²) in [6, 6.07) is 0. The van der Waals surface area contributed by atoms with Gasteiger partial charge in [-0.2, -0.15) is 0 Å². The zero-order valence-electron chi connectivity index (χ0n) is 6.43. The molecular formula is C9H14O. The van der Waals surface area contributed by atoms with Gasteiger partial charge in [0, 0.05) is 0 Å².